The maximum absolute atomic E-state index is 5.58. The van der Waals surface area contributed by atoms with E-state index in [0.717, 1.165) is 38.3 Å². The number of ether oxygens (including phenoxy) is 1. The first-order valence-corrected chi connectivity index (χ1v) is 4.96. The molecule has 0 aromatic carbocycles. The van der Waals surface area contributed by atoms with E-state index in [1.54, 1.807) is 0 Å². The first-order valence-electron chi connectivity index (χ1n) is 4.96. The third-order valence-electron chi connectivity index (χ3n) is 1.64. The summed E-state index contributed by atoms with van der Waals surface area (Å²) in [5.74, 6) is 1.06. The Morgan fingerprint density at radius 1 is 1.31 bits per heavy atom. The number of likely N-dealkylation sites (N-methyl/N-ethyl adjacent to an activating group) is 1. The van der Waals surface area contributed by atoms with E-state index in [4.69, 9.17) is 4.74 Å². The van der Waals surface area contributed by atoms with Crippen molar-refractivity contribution in [1.82, 2.24) is 10.6 Å². The summed E-state index contributed by atoms with van der Waals surface area (Å²) >= 11 is 0. The van der Waals surface area contributed by atoms with Crippen molar-refractivity contribution in [1.29, 1.82) is 0 Å². The average molecular weight is 186 g/mol. The van der Waals surface area contributed by atoms with Crippen molar-refractivity contribution >= 4 is 0 Å². The minimum absolute atomic E-state index is 0.800. The van der Waals surface area contributed by atoms with Gasteiger partial charge in [-0.1, -0.05) is 6.92 Å². The Hall–Kier alpha value is -0.540. The van der Waals surface area contributed by atoms with Gasteiger partial charge in [-0.3, -0.25) is 0 Å². The van der Waals surface area contributed by atoms with Gasteiger partial charge in [0, 0.05) is 0 Å². The van der Waals surface area contributed by atoms with Crippen molar-refractivity contribution in [2.24, 2.45) is 0 Å². The molecule has 3 nitrogen and oxygen atoms in total. The number of allylic oxidation sites excluding steroid dienone is 1. The summed E-state index contributed by atoms with van der Waals surface area (Å²) in [4.78, 5) is 0. The van der Waals surface area contributed by atoms with Crippen LogP contribution in [0.4, 0.5) is 0 Å². The molecule has 0 aliphatic rings. The van der Waals surface area contributed by atoms with Gasteiger partial charge < -0.3 is 15.4 Å². The smallest absolute Gasteiger partial charge is 0.106 e. The molecule has 0 radical (unpaired) electrons. The second-order valence-electron chi connectivity index (χ2n) is 2.91. The SMILES string of the molecule is CC/C=C(/CNC)OCCCNC. The molecule has 13 heavy (non-hydrogen) atoms. The summed E-state index contributed by atoms with van der Waals surface area (Å²) in [6.45, 7) is 4.76. The third-order valence-corrected chi connectivity index (χ3v) is 1.64. The summed E-state index contributed by atoms with van der Waals surface area (Å²) in [5.41, 5.74) is 0. The minimum Gasteiger partial charge on any atom is -0.497 e. The van der Waals surface area contributed by atoms with Crippen LogP contribution in [0.2, 0.25) is 0 Å². The predicted octanol–water partition coefficient (Wildman–Crippen LogP) is 1.13. The fourth-order valence-electron chi connectivity index (χ4n) is 1.04. The van der Waals surface area contributed by atoms with Crippen LogP contribution in [0.25, 0.3) is 0 Å². The second kappa shape index (κ2) is 9.55. The Morgan fingerprint density at radius 3 is 2.62 bits per heavy atom. The van der Waals surface area contributed by atoms with Gasteiger partial charge in [0.1, 0.15) is 5.76 Å². The lowest BCUT2D eigenvalue weighted by Gasteiger charge is -2.09. The van der Waals surface area contributed by atoms with Gasteiger partial charge in [0.2, 0.25) is 0 Å². The lowest BCUT2D eigenvalue weighted by molar-refractivity contribution is 0.201. The molecule has 0 amide bonds. The van der Waals surface area contributed by atoms with Crippen LogP contribution in [0.3, 0.4) is 0 Å². The van der Waals surface area contributed by atoms with Crippen LogP contribution in [0, 0.1) is 0 Å². The van der Waals surface area contributed by atoms with Gasteiger partial charge in [0.15, 0.2) is 0 Å². The van der Waals surface area contributed by atoms with E-state index < -0.39 is 0 Å². The topological polar surface area (TPSA) is 33.3 Å². The van der Waals surface area contributed by atoms with Crippen LogP contribution in [-0.4, -0.2) is 33.8 Å². The highest BCUT2D eigenvalue weighted by Gasteiger charge is 1.95. The van der Waals surface area contributed by atoms with Gasteiger partial charge in [0.05, 0.1) is 13.2 Å². The molecule has 0 bridgehead atoms. The standard InChI is InChI=1S/C10H22N2O/c1-4-6-10(9-12-3)13-8-5-7-11-2/h6,11-12H,4-5,7-9H2,1-3H3/b10-6-. The Kier molecular flexibility index (Phi) is 9.15. The molecular weight excluding hydrogens is 164 g/mol. The molecule has 0 aliphatic heterocycles. The summed E-state index contributed by atoms with van der Waals surface area (Å²) in [6, 6.07) is 0. The van der Waals surface area contributed by atoms with Gasteiger partial charge in [-0.05, 0) is 39.6 Å². The minimum atomic E-state index is 0.800. The first-order chi connectivity index (χ1) is 6.35. The van der Waals surface area contributed by atoms with Crippen molar-refractivity contribution in [2.45, 2.75) is 19.8 Å². The zero-order valence-electron chi connectivity index (χ0n) is 9.02. The summed E-state index contributed by atoms with van der Waals surface area (Å²) in [7, 11) is 3.89. The lowest BCUT2D eigenvalue weighted by atomic mass is 10.3. The normalized spacial score (nSPS) is 11.8. The first kappa shape index (κ1) is 12.5. The van der Waals surface area contributed by atoms with Crippen molar-refractivity contribution in [2.75, 3.05) is 33.8 Å². The molecule has 78 valence electrons. The van der Waals surface area contributed by atoms with Crippen LogP contribution in [-0.2, 0) is 4.74 Å². The largest absolute Gasteiger partial charge is 0.497 e. The predicted molar refractivity (Wildman–Crippen MR) is 56.8 cm³/mol. The van der Waals surface area contributed by atoms with Crippen molar-refractivity contribution < 1.29 is 4.74 Å². The van der Waals surface area contributed by atoms with Gasteiger partial charge in [-0.15, -0.1) is 0 Å². The third kappa shape index (κ3) is 7.81. The molecule has 0 unspecified atom stereocenters. The fourth-order valence-corrected chi connectivity index (χ4v) is 1.04. The maximum Gasteiger partial charge on any atom is 0.106 e. The molecular formula is C10H22N2O. The molecule has 0 aromatic heterocycles. The second-order valence-corrected chi connectivity index (χ2v) is 2.91. The van der Waals surface area contributed by atoms with E-state index in [2.05, 4.69) is 23.6 Å². The highest BCUT2D eigenvalue weighted by molar-refractivity contribution is 4.94. The zero-order chi connectivity index (χ0) is 9.94. The Bertz CT molecular complexity index is 135. The molecule has 0 saturated carbocycles. The molecule has 0 spiro atoms. The van der Waals surface area contributed by atoms with E-state index in [9.17, 15) is 0 Å². The van der Waals surface area contributed by atoms with Crippen molar-refractivity contribution in [3.8, 4) is 0 Å². The number of nitrogens with one attached hydrogen (secondary N) is 2. The molecule has 0 heterocycles. The Balaban J connectivity index is 3.51. The molecule has 0 rings (SSSR count). The quantitative estimate of drug-likeness (QED) is 0.440. The zero-order valence-corrected chi connectivity index (χ0v) is 9.02. The maximum atomic E-state index is 5.58. The number of hydrogen-bond acceptors (Lipinski definition) is 3. The molecule has 3 heteroatoms. The highest BCUT2D eigenvalue weighted by Crippen LogP contribution is 1.98. The molecule has 0 fully saturated rings. The average Bonchev–Trinajstić information content (AvgIpc) is 2.13. The molecule has 0 atom stereocenters. The summed E-state index contributed by atoms with van der Waals surface area (Å²) in [6.07, 6.45) is 4.21. The molecule has 0 aliphatic carbocycles. The van der Waals surface area contributed by atoms with E-state index in [1.807, 2.05) is 14.1 Å². The van der Waals surface area contributed by atoms with Crippen LogP contribution in [0.1, 0.15) is 19.8 Å². The van der Waals surface area contributed by atoms with Crippen LogP contribution < -0.4 is 10.6 Å². The molecule has 2 N–H and O–H groups in total. The summed E-state index contributed by atoms with van der Waals surface area (Å²) < 4.78 is 5.58. The van der Waals surface area contributed by atoms with Gasteiger partial charge in [0.25, 0.3) is 0 Å². The summed E-state index contributed by atoms with van der Waals surface area (Å²) in [5, 5.41) is 6.17. The van der Waals surface area contributed by atoms with Gasteiger partial charge in [-0.2, -0.15) is 0 Å². The van der Waals surface area contributed by atoms with Crippen molar-refractivity contribution in [3.05, 3.63) is 11.8 Å². The molecule has 0 aromatic rings. The van der Waals surface area contributed by atoms with Crippen molar-refractivity contribution in [3.63, 3.8) is 0 Å². The number of hydrogen-bond donors (Lipinski definition) is 2. The number of rotatable bonds is 8. The van der Waals surface area contributed by atoms with Crippen LogP contribution >= 0.6 is 0 Å². The molecule has 0 saturated heterocycles. The fraction of sp³-hybridized carbons (Fsp3) is 0.800. The van der Waals surface area contributed by atoms with E-state index in [0.29, 0.717) is 0 Å². The lowest BCUT2D eigenvalue weighted by Crippen LogP contribution is -2.15. The Morgan fingerprint density at radius 2 is 2.08 bits per heavy atom. The van der Waals surface area contributed by atoms with E-state index in [1.165, 1.54) is 0 Å². The van der Waals surface area contributed by atoms with E-state index in [-0.39, 0.29) is 0 Å². The van der Waals surface area contributed by atoms with Gasteiger partial charge in [-0.25, -0.2) is 0 Å². The van der Waals surface area contributed by atoms with Crippen LogP contribution in [0.15, 0.2) is 11.8 Å². The Labute approximate surface area is 81.5 Å². The van der Waals surface area contributed by atoms with E-state index >= 15 is 0 Å². The van der Waals surface area contributed by atoms with Crippen LogP contribution in [0.5, 0.6) is 0 Å². The highest BCUT2D eigenvalue weighted by atomic mass is 16.5. The monoisotopic (exact) mass is 186 g/mol. The van der Waals surface area contributed by atoms with Gasteiger partial charge >= 0.3 is 0 Å².